The molecular formula is C9H12BrFN2. The lowest BCUT2D eigenvalue weighted by Crippen LogP contribution is -2.12. The highest BCUT2D eigenvalue weighted by Gasteiger charge is 2.11. The van der Waals surface area contributed by atoms with Crippen LogP contribution >= 0.6 is 15.9 Å². The molecule has 2 nitrogen and oxygen atoms in total. The zero-order chi connectivity index (χ0) is 9.84. The van der Waals surface area contributed by atoms with E-state index in [0.717, 1.165) is 17.3 Å². The minimum atomic E-state index is -0.468. The van der Waals surface area contributed by atoms with Crippen molar-refractivity contribution >= 4 is 15.9 Å². The number of pyridine rings is 1. The summed E-state index contributed by atoms with van der Waals surface area (Å²) in [7, 11) is 0. The van der Waals surface area contributed by atoms with Gasteiger partial charge in [0.15, 0.2) is 0 Å². The van der Waals surface area contributed by atoms with Crippen molar-refractivity contribution < 1.29 is 4.39 Å². The smallest absolute Gasteiger partial charge is 0.217 e. The van der Waals surface area contributed by atoms with Crippen LogP contribution in [0.4, 0.5) is 4.39 Å². The molecule has 0 amide bonds. The van der Waals surface area contributed by atoms with Crippen LogP contribution in [-0.2, 0) is 0 Å². The fourth-order valence-corrected chi connectivity index (χ4v) is 1.51. The molecule has 0 fully saturated rings. The third kappa shape index (κ3) is 2.74. The summed E-state index contributed by atoms with van der Waals surface area (Å²) in [6, 6.07) is 1.43. The van der Waals surface area contributed by atoms with E-state index < -0.39 is 5.95 Å². The summed E-state index contributed by atoms with van der Waals surface area (Å²) in [4.78, 5) is 3.59. The SMILES string of the molecule is CCC[C@@H](N)c1cc(Br)cnc1F. The number of nitrogens with zero attached hydrogens (tertiary/aromatic N) is 1. The maximum Gasteiger partial charge on any atom is 0.217 e. The highest BCUT2D eigenvalue weighted by atomic mass is 79.9. The molecule has 0 aliphatic rings. The van der Waals surface area contributed by atoms with Crippen LogP contribution in [0.3, 0.4) is 0 Å². The van der Waals surface area contributed by atoms with E-state index in [2.05, 4.69) is 20.9 Å². The number of hydrogen-bond acceptors (Lipinski definition) is 2. The molecule has 1 heterocycles. The van der Waals surface area contributed by atoms with E-state index in [9.17, 15) is 4.39 Å². The number of rotatable bonds is 3. The average Bonchev–Trinajstić information content (AvgIpc) is 2.09. The van der Waals surface area contributed by atoms with Gasteiger partial charge in [-0.1, -0.05) is 13.3 Å². The van der Waals surface area contributed by atoms with Crippen molar-refractivity contribution in [2.24, 2.45) is 5.73 Å². The van der Waals surface area contributed by atoms with Gasteiger partial charge in [-0.15, -0.1) is 0 Å². The Balaban J connectivity index is 2.91. The molecule has 1 rings (SSSR count). The molecule has 2 N–H and O–H groups in total. The zero-order valence-electron chi connectivity index (χ0n) is 7.43. The second-order valence-corrected chi connectivity index (χ2v) is 3.84. The second kappa shape index (κ2) is 4.67. The standard InChI is InChI=1S/C9H12BrFN2/c1-2-3-8(12)7-4-6(10)5-13-9(7)11/h4-5,8H,2-3,12H2,1H3/t8-/m1/s1. The maximum absolute atomic E-state index is 13.1. The third-order valence-corrected chi connectivity index (χ3v) is 2.27. The Hall–Kier alpha value is -0.480. The number of aromatic nitrogens is 1. The summed E-state index contributed by atoms with van der Waals surface area (Å²) < 4.78 is 13.9. The Morgan fingerprint density at radius 1 is 1.69 bits per heavy atom. The Kier molecular flexibility index (Phi) is 3.81. The van der Waals surface area contributed by atoms with Gasteiger partial charge in [0, 0.05) is 22.3 Å². The summed E-state index contributed by atoms with van der Waals surface area (Å²) in [6.45, 7) is 2.02. The number of hydrogen-bond donors (Lipinski definition) is 1. The molecule has 0 aliphatic carbocycles. The quantitative estimate of drug-likeness (QED) is 0.834. The van der Waals surface area contributed by atoms with E-state index in [4.69, 9.17) is 5.73 Å². The summed E-state index contributed by atoms with van der Waals surface area (Å²) in [6.07, 6.45) is 3.14. The topological polar surface area (TPSA) is 38.9 Å². The Bertz CT molecular complexity index is 291. The molecule has 0 saturated heterocycles. The highest BCUT2D eigenvalue weighted by molar-refractivity contribution is 9.10. The second-order valence-electron chi connectivity index (χ2n) is 2.93. The van der Waals surface area contributed by atoms with Crippen molar-refractivity contribution in [3.05, 3.63) is 28.2 Å². The maximum atomic E-state index is 13.1. The number of halogens is 2. The minimum Gasteiger partial charge on any atom is -0.324 e. The van der Waals surface area contributed by atoms with E-state index in [0.29, 0.717) is 5.56 Å². The summed E-state index contributed by atoms with van der Waals surface area (Å²) in [5, 5.41) is 0. The van der Waals surface area contributed by atoms with Gasteiger partial charge in [0.1, 0.15) is 0 Å². The van der Waals surface area contributed by atoms with Gasteiger partial charge in [0.2, 0.25) is 5.95 Å². The van der Waals surface area contributed by atoms with Crippen LogP contribution in [0.1, 0.15) is 31.4 Å². The monoisotopic (exact) mass is 246 g/mol. The molecule has 0 bridgehead atoms. The Morgan fingerprint density at radius 3 is 3.00 bits per heavy atom. The van der Waals surface area contributed by atoms with E-state index in [1.807, 2.05) is 6.92 Å². The molecule has 0 unspecified atom stereocenters. The van der Waals surface area contributed by atoms with Gasteiger partial charge >= 0.3 is 0 Å². The highest BCUT2D eigenvalue weighted by Crippen LogP contribution is 2.21. The fourth-order valence-electron chi connectivity index (χ4n) is 1.16. The molecule has 4 heteroatoms. The van der Waals surface area contributed by atoms with Crippen LogP contribution < -0.4 is 5.73 Å². The molecule has 0 aromatic carbocycles. The molecule has 0 aliphatic heterocycles. The first-order valence-corrected chi connectivity index (χ1v) is 5.01. The summed E-state index contributed by atoms with van der Waals surface area (Å²) in [5.74, 6) is -0.468. The van der Waals surface area contributed by atoms with E-state index in [1.165, 1.54) is 6.20 Å². The lowest BCUT2D eigenvalue weighted by molar-refractivity contribution is 0.529. The van der Waals surface area contributed by atoms with Crippen molar-refractivity contribution in [1.82, 2.24) is 4.98 Å². The van der Waals surface area contributed by atoms with Crippen LogP contribution in [0, 0.1) is 5.95 Å². The van der Waals surface area contributed by atoms with Gasteiger partial charge < -0.3 is 5.73 Å². The summed E-state index contributed by atoms with van der Waals surface area (Å²) in [5.41, 5.74) is 6.26. The summed E-state index contributed by atoms with van der Waals surface area (Å²) >= 11 is 3.23. The largest absolute Gasteiger partial charge is 0.324 e. The van der Waals surface area contributed by atoms with Crippen molar-refractivity contribution in [2.45, 2.75) is 25.8 Å². The van der Waals surface area contributed by atoms with Gasteiger partial charge in [-0.2, -0.15) is 4.39 Å². The molecule has 0 spiro atoms. The number of nitrogens with two attached hydrogens (primary N) is 1. The van der Waals surface area contributed by atoms with Crippen molar-refractivity contribution in [1.29, 1.82) is 0 Å². The van der Waals surface area contributed by atoms with E-state index in [-0.39, 0.29) is 6.04 Å². The molecular weight excluding hydrogens is 235 g/mol. The van der Waals surface area contributed by atoms with Crippen molar-refractivity contribution in [2.75, 3.05) is 0 Å². The third-order valence-electron chi connectivity index (χ3n) is 1.83. The van der Waals surface area contributed by atoms with Crippen molar-refractivity contribution in [3.8, 4) is 0 Å². The van der Waals surface area contributed by atoms with Gasteiger partial charge in [-0.25, -0.2) is 4.98 Å². The molecule has 72 valence electrons. The van der Waals surface area contributed by atoms with E-state index >= 15 is 0 Å². The first kappa shape index (κ1) is 10.6. The predicted molar refractivity (Wildman–Crippen MR) is 53.7 cm³/mol. The lowest BCUT2D eigenvalue weighted by Gasteiger charge is -2.10. The predicted octanol–water partition coefficient (Wildman–Crippen LogP) is 2.78. The van der Waals surface area contributed by atoms with Gasteiger partial charge in [-0.05, 0) is 28.4 Å². The van der Waals surface area contributed by atoms with E-state index in [1.54, 1.807) is 6.07 Å². The van der Waals surface area contributed by atoms with Crippen LogP contribution in [-0.4, -0.2) is 4.98 Å². The van der Waals surface area contributed by atoms with Gasteiger partial charge in [-0.3, -0.25) is 0 Å². The molecule has 1 atom stereocenters. The average molecular weight is 247 g/mol. The zero-order valence-corrected chi connectivity index (χ0v) is 9.01. The van der Waals surface area contributed by atoms with Crippen LogP contribution in [0.25, 0.3) is 0 Å². The van der Waals surface area contributed by atoms with Gasteiger partial charge in [0.25, 0.3) is 0 Å². The van der Waals surface area contributed by atoms with Crippen LogP contribution in [0.5, 0.6) is 0 Å². The Morgan fingerprint density at radius 2 is 2.38 bits per heavy atom. The Labute approximate surface area is 85.5 Å². The first-order chi connectivity index (χ1) is 6.15. The van der Waals surface area contributed by atoms with Gasteiger partial charge in [0.05, 0.1) is 0 Å². The fraction of sp³-hybridized carbons (Fsp3) is 0.444. The van der Waals surface area contributed by atoms with Crippen molar-refractivity contribution in [3.63, 3.8) is 0 Å². The molecule has 0 radical (unpaired) electrons. The molecule has 1 aromatic rings. The lowest BCUT2D eigenvalue weighted by atomic mass is 10.1. The molecule has 0 saturated carbocycles. The van der Waals surface area contributed by atoms with Crippen LogP contribution in [0.15, 0.2) is 16.7 Å². The van der Waals surface area contributed by atoms with Crippen LogP contribution in [0.2, 0.25) is 0 Å². The normalized spacial score (nSPS) is 12.9. The molecule has 13 heavy (non-hydrogen) atoms. The molecule has 1 aromatic heterocycles. The minimum absolute atomic E-state index is 0.255. The first-order valence-electron chi connectivity index (χ1n) is 4.21.